The maximum atomic E-state index is 10.6. The van der Waals surface area contributed by atoms with Crippen LogP contribution >= 0.6 is 12.4 Å². The molecule has 0 unspecified atom stereocenters. The van der Waals surface area contributed by atoms with Crippen molar-refractivity contribution >= 4 is 35.2 Å². The Balaban J connectivity index is 0.00000112. The van der Waals surface area contributed by atoms with Crippen LogP contribution in [0.2, 0.25) is 0 Å². The molecule has 15 heavy (non-hydrogen) atoms. The summed E-state index contributed by atoms with van der Waals surface area (Å²) in [6, 6.07) is 10.7. The second kappa shape index (κ2) is 4.61. The maximum Gasteiger partial charge on any atom is 0.317 e. The van der Waals surface area contributed by atoms with E-state index in [-0.39, 0.29) is 12.4 Å². The quantitative estimate of drug-likeness (QED) is 0.778. The zero-order valence-corrected chi connectivity index (χ0v) is 8.62. The zero-order chi connectivity index (χ0) is 9.97. The van der Waals surface area contributed by atoms with Crippen molar-refractivity contribution in [3.8, 4) is 0 Å². The molecule has 0 atom stereocenters. The van der Waals surface area contributed by atoms with Crippen molar-refractivity contribution in [2.75, 3.05) is 5.32 Å². The Bertz CT molecular complexity index is 487. The minimum Gasteiger partial charge on any atom is -0.351 e. The fourth-order valence-electron chi connectivity index (χ4n) is 1.26. The summed E-state index contributed by atoms with van der Waals surface area (Å²) >= 11 is 0. The first kappa shape index (κ1) is 11.3. The summed E-state index contributed by atoms with van der Waals surface area (Å²) in [5.41, 5.74) is 5.81. The summed E-state index contributed by atoms with van der Waals surface area (Å²) in [4.78, 5) is 14.8. The summed E-state index contributed by atoms with van der Waals surface area (Å²) in [6.07, 6.45) is 0. The van der Waals surface area contributed by atoms with Gasteiger partial charge in [0.05, 0.1) is 5.52 Å². The molecule has 0 aliphatic rings. The van der Waals surface area contributed by atoms with Crippen LogP contribution in [0.4, 0.5) is 10.6 Å². The van der Waals surface area contributed by atoms with Crippen LogP contribution in [0.3, 0.4) is 0 Å². The molecule has 5 heteroatoms. The molecule has 0 saturated carbocycles. The number of fused-ring (bicyclic) bond motifs is 1. The van der Waals surface area contributed by atoms with E-state index in [1.165, 1.54) is 0 Å². The van der Waals surface area contributed by atoms with E-state index in [1.54, 1.807) is 6.07 Å². The monoisotopic (exact) mass is 223 g/mol. The minimum absolute atomic E-state index is 0. The van der Waals surface area contributed by atoms with E-state index in [0.29, 0.717) is 5.82 Å². The molecular formula is C10H10ClN3O. The molecule has 0 aliphatic heterocycles. The maximum absolute atomic E-state index is 10.6. The first-order chi connectivity index (χ1) is 6.75. The highest BCUT2D eigenvalue weighted by molar-refractivity contribution is 5.89. The molecule has 2 rings (SSSR count). The van der Waals surface area contributed by atoms with E-state index in [4.69, 9.17) is 5.73 Å². The Morgan fingerprint density at radius 1 is 1.20 bits per heavy atom. The second-order valence-corrected chi connectivity index (χ2v) is 2.88. The molecule has 0 radical (unpaired) electrons. The summed E-state index contributed by atoms with van der Waals surface area (Å²) in [6.45, 7) is 0. The van der Waals surface area contributed by atoms with Gasteiger partial charge in [-0.25, -0.2) is 9.78 Å². The topological polar surface area (TPSA) is 68.0 Å². The molecule has 1 aromatic heterocycles. The number of carbonyl (C=O) groups excluding carboxylic acids is 1. The van der Waals surface area contributed by atoms with Gasteiger partial charge in [0.1, 0.15) is 5.82 Å². The number of hydrogen-bond acceptors (Lipinski definition) is 2. The van der Waals surface area contributed by atoms with Crippen LogP contribution < -0.4 is 11.1 Å². The molecular weight excluding hydrogens is 214 g/mol. The van der Waals surface area contributed by atoms with Crippen molar-refractivity contribution in [2.45, 2.75) is 0 Å². The van der Waals surface area contributed by atoms with Crippen LogP contribution in [0, 0.1) is 0 Å². The highest BCUT2D eigenvalue weighted by Crippen LogP contribution is 2.13. The zero-order valence-electron chi connectivity index (χ0n) is 7.81. The van der Waals surface area contributed by atoms with Crippen LogP contribution in [0.15, 0.2) is 36.4 Å². The van der Waals surface area contributed by atoms with Crippen LogP contribution in [0.25, 0.3) is 10.9 Å². The number of pyridine rings is 1. The Labute approximate surface area is 92.9 Å². The van der Waals surface area contributed by atoms with Gasteiger partial charge in [0.2, 0.25) is 0 Å². The second-order valence-electron chi connectivity index (χ2n) is 2.88. The number of rotatable bonds is 1. The molecule has 1 heterocycles. The van der Waals surface area contributed by atoms with E-state index in [9.17, 15) is 4.79 Å². The number of carbonyl (C=O) groups is 1. The van der Waals surface area contributed by atoms with E-state index < -0.39 is 6.03 Å². The molecule has 1 aromatic carbocycles. The number of para-hydroxylation sites is 1. The fraction of sp³-hybridized carbons (Fsp3) is 0. The smallest absolute Gasteiger partial charge is 0.317 e. The fourth-order valence-corrected chi connectivity index (χ4v) is 1.26. The SMILES string of the molecule is Cl.NC(=O)Nc1ccc2ccccc2n1. The van der Waals surface area contributed by atoms with Crippen LogP contribution in [-0.2, 0) is 0 Å². The molecule has 0 aliphatic carbocycles. The summed E-state index contributed by atoms with van der Waals surface area (Å²) in [5, 5.41) is 3.45. The average Bonchev–Trinajstić information content (AvgIpc) is 2.17. The Morgan fingerprint density at radius 2 is 1.93 bits per heavy atom. The Kier molecular flexibility index (Phi) is 3.46. The van der Waals surface area contributed by atoms with Gasteiger partial charge in [0.25, 0.3) is 0 Å². The molecule has 0 saturated heterocycles. The van der Waals surface area contributed by atoms with Crippen molar-refractivity contribution in [3.05, 3.63) is 36.4 Å². The van der Waals surface area contributed by atoms with E-state index in [0.717, 1.165) is 10.9 Å². The molecule has 2 aromatic rings. The van der Waals surface area contributed by atoms with Crippen molar-refractivity contribution < 1.29 is 4.79 Å². The van der Waals surface area contributed by atoms with Crippen molar-refractivity contribution in [2.24, 2.45) is 5.73 Å². The third-order valence-corrected chi connectivity index (χ3v) is 1.85. The standard InChI is InChI=1S/C10H9N3O.ClH/c11-10(14)13-9-6-5-7-3-1-2-4-8(7)12-9;/h1-6H,(H3,11,12,13,14);1H. The van der Waals surface area contributed by atoms with E-state index >= 15 is 0 Å². The van der Waals surface area contributed by atoms with Gasteiger partial charge in [-0.15, -0.1) is 12.4 Å². The Hall–Kier alpha value is -1.81. The van der Waals surface area contributed by atoms with Gasteiger partial charge < -0.3 is 5.73 Å². The molecule has 0 spiro atoms. The van der Waals surface area contributed by atoms with E-state index in [1.807, 2.05) is 30.3 Å². The number of urea groups is 1. The van der Waals surface area contributed by atoms with Gasteiger partial charge in [-0.3, -0.25) is 5.32 Å². The molecule has 3 N–H and O–H groups in total. The number of hydrogen-bond donors (Lipinski definition) is 2. The van der Waals surface area contributed by atoms with Gasteiger partial charge in [0.15, 0.2) is 0 Å². The predicted octanol–water partition coefficient (Wildman–Crippen LogP) is 2.15. The highest BCUT2D eigenvalue weighted by Gasteiger charge is 1.98. The van der Waals surface area contributed by atoms with Crippen molar-refractivity contribution in [1.82, 2.24) is 4.98 Å². The predicted molar refractivity (Wildman–Crippen MR) is 62.2 cm³/mol. The molecule has 0 bridgehead atoms. The van der Waals surface area contributed by atoms with Gasteiger partial charge in [-0.05, 0) is 18.2 Å². The lowest BCUT2D eigenvalue weighted by molar-refractivity contribution is 0.259. The molecule has 4 nitrogen and oxygen atoms in total. The third kappa shape index (κ3) is 2.57. The van der Waals surface area contributed by atoms with E-state index in [2.05, 4.69) is 10.3 Å². The average molecular weight is 224 g/mol. The lowest BCUT2D eigenvalue weighted by Crippen LogP contribution is -2.19. The summed E-state index contributed by atoms with van der Waals surface area (Å²) < 4.78 is 0. The summed E-state index contributed by atoms with van der Waals surface area (Å²) in [7, 11) is 0. The number of aromatic nitrogens is 1. The largest absolute Gasteiger partial charge is 0.351 e. The number of benzene rings is 1. The first-order valence-electron chi connectivity index (χ1n) is 4.18. The Morgan fingerprint density at radius 3 is 2.67 bits per heavy atom. The van der Waals surface area contributed by atoms with Crippen LogP contribution in [-0.4, -0.2) is 11.0 Å². The van der Waals surface area contributed by atoms with Crippen molar-refractivity contribution in [3.63, 3.8) is 0 Å². The van der Waals surface area contributed by atoms with Gasteiger partial charge in [0, 0.05) is 5.39 Å². The van der Waals surface area contributed by atoms with Gasteiger partial charge in [-0.1, -0.05) is 18.2 Å². The number of primary amides is 1. The minimum atomic E-state index is -0.604. The first-order valence-corrected chi connectivity index (χ1v) is 4.18. The van der Waals surface area contributed by atoms with Crippen LogP contribution in [0.5, 0.6) is 0 Å². The van der Waals surface area contributed by atoms with Gasteiger partial charge in [-0.2, -0.15) is 0 Å². The molecule has 2 amide bonds. The number of anilines is 1. The van der Waals surface area contributed by atoms with Crippen molar-refractivity contribution in [1.29, 1.82) is 0 Å². The number of halogens is 1. The van der Waals surface area contributed by atoms with Gasteiger partial charge >= 0.3 is 6.03 Å². The lowest BCUT2D eigenvalue weighted by Gasteiger charge is -2.01. The lowest BCUT2D eigenvalue weighted by atomic mass is 10.2. The highest BCUT2D eigenvalue weighted by atomic mass is 35.5. The third-order valence-electron chi connectivity index (χ3n) is 1.85. The molecule has 78 valence electrons. The number of nitrogens with one attached hydrogen (secondary N) is 1. The molecule has 0 fully saturated rings. The summed E-state index contributed by atoms with van der Waals surface area (Å²) in [5.74, 6) is 0.469. The number of nitrogens with two attached hydrogens (primary N) is 1. The number of amides is 2. The normalized spacial score (nSPS) is 9.33. The van der Waals surface area contributed by atoms with Crippen LogP contribution in [0.1, 0.15) is 0 Å². The number of nitrogens with zero attached hydrogens (tertiary/aromatic N) is 1.